The molecule has 1 N–H and O–H groups in total. The molecule has 2 aromatic carbocycles. The van der Waals surface area contributed by atoms with Gasteiger partial charge in [0.1, 0.15) is 10.7 Å². The van der Waals surface area contributed by atoms with Gasteiger partial charge in [0.05, 0.1) is 11.4 Å². The van der Waals surface area contributed by atoms with Crippen LogP contribution in [0.25, 0.3) is 0 Å². The Labute approximate surface area is 247 Å². The minimum atomic E-state index is -3.92. The number of amides is 1. The zero-order chi connectivity index (χ0) is 29.5. The third kappa shape index (κ3) is 7.04. The molecule has 1 aliphatic carbocycles. The number of halogens is 1. The van der Waals surface area contributed by atoms with Crippen molar-refractivity contribution >= 4 is 33.5 Å². The number of nitrogens with one attached hydrogen (secondary N) is 1. The maximum absolute atomic E-state index is 14.0. The maximum atomic E-state index is 14.0. The van der Waals surface area contributed by atoms with Crippen LogP contribution in [-0.4, -0.2) is 61.5 Å². The number of hydrogen-bond acceptors (Lipinski definition) is 6. The minimum Gasteiger partial charge on any atom is -0.336 e. The van der Waals surface area contributed by atoms with E-state index in [2.05, 4.69) is 19.6 Å². The minimum absolute atomic E-state index is 0.122. The molecule has 0 spiro atoms. The fourth-order valence-electron chi connectivity index (χ4n) is 5.87. The Morgan fingerprint density at radius 2 is 1.71 bits per heavy atom. The molecule has 0 radical (unpaired) electrons. The highest BCUT2D eigenvalue weighted by atomic mass is 32.2. The van der Waals surface area contributed by atoms with Crippen molar-refractivity contribution in [1.29, 1.82) is 0 Å². The van der Waals surface area contributed by atoms with Crippen molar-refractivity contribution in [2.24, 2.45) is 4.99 Å². The molecule has 10 heteroatoms. The smallest absolute Gasteiger partial charge is 0.264 e. The van der Waals surface area contributed by atoms with Crippen molar-refractivity contribution < 1.29 is 17.6 Å². The highest BCUT2D eigenvalue weighted by Crippen LogP contribution is 2.40. The molecule has 1 aliphatic heterocycles. The van der Waals surface area contributed by atoms with Crippen LogP contribution in [0.4, 0.5) is 15.8 Å². The number of aliphatic imine (C=N–C) groups is 1. The van der Waals surface area contributed by atoms with Gasteiger partial charge in [0.25, 0.3) is 15.9 Å². The quantitative estimate of drug-likeness (QED) is 0.251. The number of piperazine rings is 1. The van der Waals surface area contributed by atoms with Crippen LogP contribution in [0.5, 0.6) is 0 Å². The number of carbonyl (C=O) groups excluding carboxylic acids is 1. The second-order valence-corrected chi connectivity index (χ2v) is 12.6. The highest BCUT2D eigenvalue weighted by molar-refractivity contribution is 7.92. The summed E-state index contributed by atoms with van der Waals surface area (Å²) >= 11 is 0. The number of aromatic nitrogens is 1. The average molecular weight is 592 g/mol. The molecule has 1 aromatic heterocycles. The number of nitrogens with zero attached hydrogens (tertiary/aromatic N) is 4. The van der Waals surface area contributed by atoms with Crippen molar-refractivity contribution in [3.63, 3.8) is 0 Å². The second-order valence-electron chi connectivity index (χ2n) is 11.0. The fourth-order valence-corrected chi connectivity index (χ4v) is 7.11. The van der Waals surface area contributed by atoms with Crippen molar-refractivity contribution in [3.05, 3.63) is 83.4 Å². The Morgan fingerprint density at radius 3 is 2.38 bits per heavy atom. The number of benzene rings is 2. The van der Waals surface area contributed by atoms with Gasteiger partial charge in [-0.2, -0.15) is 0 Å². The summed E-state index contributed by atoms with van der Waals surface area (Å²) in [6.45, 7) is 4.45. The van der Waals surface area contributed by atoms with Crippen LogP contribution in [0.1, 0.15) is 73.0 Å². The van der Waals surface area contributed by atoms with E-state index in [-0.39, 0.29) is 16.6 Å². The molecule has 3 aromatic rings. The van der Waals surface area contributed by atoms with E-state index >= 15 is 0 Å². The standard InChI is InChI=1S/C32H38FN5O3S/c1-2-34-31-27(24-9-5-3-4-6-10-24)11-7-13-30(31)42(40,41)36-26-16-14-25(15-17-26)32(39)38-21-19-37(20-22-38)23-29-28(33)12-8-18-35-29/h2,7-8,11-18,24,36H,3-6,9-10,19-23H2,1H3. The zero-order valence-electron chi connectivity index (χ0n) is 24.0. The molecule has 1 saturated heterocycles. The summed E-state index contributed by atoms with van der Waals surface area (Å²) in [5, 5.41) is 0. The predicted molar refractivity (Wildman–Crippen MR) is 163 cm³/mol. The van der Waals surface area contributed by atoms with Crippen LogP contribution in [0.3, 0.4) is 0 Å². The summed E-state index contributed by atoms with van der Waals surface area (Å²) in [6, 6.07) is 14.9. The van der Waals surface area contributed by atoms with E-state index in [4.69, 9.17) is 0 Å². The van der Waals surface area contributed by atoms with Gasteiger partial charge in [-0.15, -0.1) is 0 Å². The van der Waals surface area contributed by atoms with Gasteiger partial charge in [0.2, 0.25) is 0 Å². The third-order valence-electron chi connectivity index (χ3n) is 8.12. The Hall–Kier alpha value is -3.63. The van der Waals surface area contributed by atoms with Crippen molar-refractivity contribution in [2.75, 3.05) is 30.9 Å². The number of pyridine rings is 1. The Bertz CT molecular complexity index is 1510. The molecule has 0 bridgehead atoms. The van der Waals surface area contributed by atoms with Gasteiger partial charge in [-0.1, -0.05) is 37.8 Å². The first-order valence-corrected chi connectivity index (χ1v) is 16.2. The number of sulfonamides is 1. The topological polar surface area (TPSA) is 95.0 Å². The van der Waals surface area contributed by atoms with Crippen LogP contribution in [-0.2, 0) is 16.6 Å². The van der Waals surface area contributed by atoms with Crippen LogP contribution in [0.2, 0.25) is 0 Å². The number of carbonyl (C=O) groups is 1. The summed E-state index contributed by atoms with van der Waals surface area (Å²) < 4.78 is 43.8. The Balaban J connectivity index is 1.24. The summed E-state index contributed by atoms with van der Waals surface area (Å²) in [6.07, 6.45) is 10.0. The van der Waals surface area contributed by atoms with Crippen molar-refractivity contribution in [2.45, 2.75) is 62.8 Å². The first-order chi connectivity index (χ1) is 20.4. The number of para-hydroxylation sites is 1. The van der Waals surface area contributed by atoms with Crippen LogP contribution < -0.4 is 4.72 Å². The molecule has 1 saturated carbocycles. The molecule has 1 amide bonds. The lowest BCUT2D eigenvalue weighted by Gasteiger charge is -2.34. The van der Waals surface area contributed by atoms with Gasteiger partial charge < -0.3 is 4.90 Å². The third-order valence-corrected chi connectivity index (χ3v) is 9.54. The number of hydrogen-bond donors (Lipinski definition) is 1. The van der Waals surface area contributed by atoms with Gasteiger partial charge in [-0.25, -0.2) is 12.8 Å². The molecule has 42 heavy (non-hydrogen) atoms. The summed E-state index contributed by atoms with van der Waals surface area (Å²) in [5.74, 6) is -0.151. The SMILES string of the molecule is CC=Nc1c(C2CCCCCC2)cccc1S(=O)(=O)Nc1ccc(C(=O)N2CCN(Cc3ncccc3F)CC2)cc1. The number of rotatable bonds is 8. The van der Waals surface area contributed by atoms with Gasteiger partial charge in [0.15, 0.2) is 0 Å². The van der Waals surface area contributed by atoms with Crippen LogP contribution >= 0.6 is 0 Å². The van der Waals surface area contributed by atoms with Gasteiger partial charge in [0, 0.05) is 56.4 Å². The second kappa shape index (κ2) is 13.6. The molecular formula is C32H38FN5O3S. The Morgan fingerprint density at radius 1 is 1.00 bits per heavy atom. The van der Waals surface area contributed by atoms with E-state index in [1.54, 1.807) is 66.7 Å². The lowest BCUT2D eigenvalue weighted by Crippen LogP contribution is -2.48. The maximum Gasteiger partial charge on any atom is 0.264 e. The fraction of sp³-hybridized carbons (Fsp3) is 0.406. The molecular weight excluding hydrogens is 553 g/mol. The van der Waals surface area contributed by atoms with Gasteiger partial charge in [-0.3, -0.25) is 24.4 Å². The van der Waals surface area contributed by atoms with Crippen molar-refractivity contribution in [1.82, 2.24) is 14.8 Å². The van der Waals surface area contributed by atoms with E-state index in [9.17, 15) is 17.6 Å². The summed E-state index contributed by atoms with van der Waals surface area (Å²) in [5.41, 5.74) is 2.76. The normalized spacial score (nSPS) is 17.3. The van der Waals surface area contributed by atoms with Crippen LogP contribution in [0.15, 0.2) is 70.7 Å². The van der Waals surface area contributed by atoms with Crippen LogP contribution in [0, 0.1) is 5.82 Å². The van der Waals surface area contributed by atoms with Gasteiger partial charge >= 0.3 is 0 Å². The summed E-state index contributed by atoms with van der Waals surface area (Å²) in [4.78, 5) is 25.8. The predicted octanol–water partition coefficient (Wildman–Crippen LogP) is 6.14. The molecule has 0 unspecified atom stereocenters. The lowest BCUT2D eigenvalue weighted by molar-refractivity contribution is 0.0625. The molecule has 2 aliphatic rings. The summed E-state index contributed by atoms with van der Waals surface area (Å²) in [7, 11) is -3.92. The number of anilines is 1. The average Bonchev–Trinajstić information content (AvgIpc) is 3.28. The highest BCUT2D eigenvalue weighted by Gasteiger charge is 2.26. The zero-order valence-corrected chi connectivity index (χ0v) is 24.8. The molecule has 2 heterocycles. The van der Waals surface area contributed by atoms with E-state index in [1.165, 1.54) is 18.9 Å². The largest absolute Gasteiger partial charge is 0.336 e. The first kappa shape index (κ1) is 29.8. The Kier molecular flexibility index (Phi) is 9.64. The lowest BCUT2D eigenvalue weighted by atomic mass is 9.90. The molecule has 2 fully saturated rings. The first-order valence-electron chi connectivity index (χ1n) is 14.7. The monoisotopic (exact) mass is 591 g/mol. The van der Waals surface area contributed by atoms with E-state index in [1.807, 2.05) is 6.07 Å². The molecule has 5 rings (SSSR count). The van der Waals surface area contributed by atoms with E-state index < -0.39 is 10.0 Å². The van der Waals surface area contributed by atoms with E-state index in [0.29, 0.717) is 61.3 Å². The van der Waals surface area contributed by atoms with Crippen molar-refractivity contribution in [3.8, 4) is 0 Å². The molecule has 8 nitrogen and oxygen atoms in total. The molecule has 222 valence electrons. The molecule has 0 atom stereocenters. The van der Waals surface area contributed by atoms with E-state index in [0.717, 1.165) is 31.2 Å². The van der Waals surface area contributed by atoms with Gasteiger partial charge in [-0.05, 0) is 73.7 Å².